The molecule has 1 heterocycles. The van der Waals surface area contributed by atoms with Crippen molar-refractivity contribution in [3.8, 4) is 5.75 Å². The van der Waals surface area contributed by atoms with Gasteiger partial charge in [0.25, 0.3) is 0 Å². The Bertz CT molecular complexity index is 694. The zero-order valence-electron chi connectivity index (χ0n) is 10.7. The van der Waals surface area contributed by atoms with Gasteiger partial charge in [0.2, 0.25) is 0 Å². The van der Waals surface area contributed by atoms with E-state index in [1.807, 2.05) is 30.3 Å². The molecule has 0 amide bonds. The molecule has 1 aliphatic rings. The molecule has 0 aromatic heterocycles. The highest BCUT2D eigenvalue weighted by atomic mass is 32.2. The number of fused-ring (bicyclic) bond motifs is 2. The van der Waals surface area contributed by atoms with Crippen LogP contribution >= 0.6 is 0 Å². The van der Waals surface area contributed by atoms with Gasteiger partial charge in [-0.05, 0) is 18.2 Å². The molecule has 4 heteroatoms. The van der Waals surface area contributed by atoms with Crippen molar-refractivity contribution < 1.29 is 14.1 Å². The Hall–Kier alpha value is -2.04. The quantitative estimate of drug-likeness (QED) is 0.369. The van der Waals surface area contributed by atoms with Gasteiger partial charge in [0.05, 0.1) is 0 Å². The largest absolute Gasteiger partial charge is 0.606 e. The molecule has 2 aromatic rings. The van der Waals surface area contributed by atoms with Crippen LogP contribution in [0.2, 0.25) is 0 Å². The van der Waals surface area contributed by atoms with Crippen molar-refractivity contribution in [2.24, 2.45) is 0 Å². The fraction of sp³-hybridized carbons (Fsp3) is 0.0625. The molecule has 3 rings (SSSR count). The van der Waals surface area contributed by atoms with E-state index < -0.39 is 17.1 Å². The van der Waals surface area contributed by atoms with E-state index in [2.05, 4.69) is 6.58 Å². The number of benzene rings is 2. The number of hydrogen-bond donors (Lipinski definition) is 0. The van der Waals surface area contributed by atoms with Crippen LogP contribution in [0.15, 0.2) is 64.9 Å². The van der Waals surface area contributed by atoms with Crippen molar-refractivity contribution in [1.82, 2.24) is 0 Å². The van der Waals surface area contributed by atoms with Gasteiger partial charge >= 0.3 is 5.97 Å². The lowest BCUT2D eigenvalue weighted by molar-refractivity contribution is -0.128. The first-order chi connectivity index (χ1) is 9.69. The lowest BCUT2D eigenvalue weighted by Gasteiger charge is -2.21. The summed E-state index contributed by atoms with van der Waals surface area (Å²) in [6.07, 6.45) is 1.85. The van der Waals surface area contributed by atoms with Crippen LogP contribution in [0.1, 0.15) is 11.1 Å². The molecule has 0 bridgehead atoms. The van der Waals surface area contributed by atoms with Gasteiger partial charge in [-0.25, -0.2) is 4.79 Å². The van der Waals surface area contributed by atoms with Crippen LogP contribution in [0.5, 0.6) is 5.75 Å². The van der Waals surface area contributed by atoms with Gasteiger partial charge < -0.3 is 9.29 Å². The van der Waals surface area contributed by atoms with Crippen molar-refractivity contribution >= 4 is 17.1 Å². The summed E-state index contributed by atoms with van der Waals surface area (Å²) in [4.78, 5) is 12.7. The van der Waals surface area contributed by atoms with Crippen LogP contribution in [0.25, 0.3) is 0 Å². The normalized spacial score (nSPS) is 15.9. The van der Waals surface area contributed by atoms with Crippen LogP contribution in [-0.2, 0) is 22.4 Å². The summed E-state index contributed by atoms with van der Waals surface area (Å²) in [5.41, 5.74) is 2.08. The summed E-state index contributed by atoms with van der Waals surface area (Å²) >= 11 is -1.23. The summed E-state index contributed by atoms with van der Waals surface area (Å²) in [5, 5.41) is 0. The van der Waals surface area contributed by atoms with Gasteiger partial charge in [0.15, 0.2) is 9.79 Å². The Labute approximate surface area is 120 Å². The number of carbonyl (C=O) groups excluding carboxylic acids is 1. The summed E-state index contributed by atoms with van der Waals surface area (Å²) in [6, 6.07) is 12.9. The predicted molar refractivity (Wildman–Crippen MR) is 76.2 cm³/mol. The average Bonchev–Trinajstić information content (AvgIpc) is 2.48. The number of rotatable bonds is 2. The van der Waals surface area contributed by atoms with Crippen molar-refractivity contribution in [3.05, 3.63) is 66.2 Å². The minimum absolute atomic E-state index is 0.390. The minimum atomic E-state index is -1.23. The van der Waals surface area contributed by atoms with Gasteiger partial charge in [-0.2, -0.15) is 0 Å². The maximum absolute atomic E-state index is 12.6. The Morgan fingerprint density at radius 2 is 1.95 bits per heavy atom. The second kappa shape index (κ2) is 5.15. The van der Waals surface area contributed by atoms with E-state index in [0.29, 0.717) is 10.6 Å². The number of carbonyl (C=O) groups is 1. The van der Waals surface area contributed by atoms with E-state index in [-0.39, 0.29) is 0 Å². The van der Waals surface area contributed by atoms with E-state index in [1.165, 1.54) is 0 Å². The molecule has 100 valence electrons. The van der Waals surface area contributed by atoms with Gasteiger partial charge in [-0.15, -0.1) is 0 Å². The van der Waals surface area contributed by atoms with Crippen LogP contribution in [0.3, 0.4) is 0 Å². The smallest absolute Gasteiger partial charge is 0.335 e. The number of esters is 1. The van der Waals surface area contributed by atoms with Gasteiger partial charge in [-0.3, -0.25) is 0 Å². The highest BCUT2D eigenvalue weighted by Crippen LogP contribution is 2.36. The second-order valence-corrected chi connectivity index (χ2v) is 5.87. The van der Waals surface area contributed by atoms with Crippen LogP contribution in [-0.4, -0.2) is 10.5 Å². The molecule has 1 atom stereocenters. The first kappa shape index (κ1) is 13.0. The average molecular weight is 284 g/mol. The summed E-state index contributed by atoms with van der Waals surface area (Å²) in [7, 11) is 0. The molecule has 1 unspecified atom stereocenters. The standard InChI is InChI=1S/C16H12O3S/c1-2-16(17)19-13-8-7-12-9-11-5-3-4-6-14(11)20(18)15(12)10-13/h2-8,10H,1,9H2. The zero-order chi connectivity index (χ0) is 14.1. The highest BCUT2D eigenvalue weighted by molar-refractivity contribution is 7.91. The molecule has 3 nitrogen and oxygen atoms in total. The summed E-state index contributed by atoms with van der Waals surface area (Å²) in [5.74, 6) is -0.131. The molecule has 1 aliphatic heterocycles. The van der Waals surface area contributed by atoms with Crippen LogP contribution in [0.4, 0.5) is 0 Å². The monoisotopic (exact) mass is 284 g/mol. The Morgan fingerprint density at radius 1 is 1.20 bits per heavy atom. The molecular formula is C16H12O3S. The first-order valence-electron chi connectivity index (χ1n) is 6.16. The van der Waals surface area contributed by atoms with E-state index in [4.69, 9.17) is 4.74 Å². The van der Waals surface area contributed by atoms with Crippen molar-refractivity contribution in [3.63, 3.8) is 0 Å². The third kappa shape index (κ3) is 2.24. The molecule has 0 saturated heterocycles. The Kier molecular flexibility index (Phi) is 3.34. The number of hydrogen-bond acceptors (Lipinski definition) is 3. The molecule has 0 spiro atoms. The fourth-order valence-electron chi connectivity index (χ4n) is 2.23. The van der Waals surface area contributed by atoms with Crippen molar-refractivity contribution in [2.45, 2.75) is 16.2 Å². The number of ether oxygens (including phenoxy) is 1. The van der Waals surface area contributed by atoms with E-state index in [1.54, 1.807) is 12.1 Å². The maximum atomic E-state index is 12.6. The molecule has 0 aliphatic carbocycles. The minimum Gasteiger partial charge on any atom is -0.606 e. The lowest BCUT2D eigenvalue weighted by Crippen LogP contribution is -2.15. The maximum Gasteiger partial charge on any atom is 0.335 e. The zero-order valence-corrected chi connectivity index (χ0v) is 11.5. The third-order valence-corrected chi connectivity index (χ3v) is 4.75. The van der Waals surface area contributed by atoms with Gasteiger partial charge in [0, 0.05) is 40.9 Å². The Balaban J connectivity index is 1.99. The first-order valence-corrected chi connectivity index (χ1v) is 7.31. The molecule has 0 saturated carbocycles. The van der Waals surface area contributed by atoms with Gasteiger partial charge in [0.1, 0.15) is 5.75 Å². The van der Waals surface area contributed by atoms with Crippen LogP contribution in [0, 0.1) is 0 Å². The molecule has 2 aromatic carbocycles. The summed E-state index contributed by atoms with van der Waals surface area (Å²) < 4.78 is 17.6. The molecule has 0 fully saturated rings. The van der Waals surface area contributed by atoms with Crippen LogP contribution < -0.4 is 4.74 Å². The summed E-state index contributed by atoms with van der Waals surface area (Å²) in [6.45, 7) is 3.35. The molecule has 20 heavy (non-hydrogen) atoms. The van der Waals surface area contributed by atoms with E-state index >= 15 is 0 Å². The molecule has 0 N–H and O–H groups in total. The van der Waals surface area contributed by atoms with E-state index in [9.17, 15) is 9.35 Å². The lowest BCUT2D eigenvalue weighted by atomic mass is 10.0. The second-order valence-electron chi connectivity index (χ2n) is 4.45. The highest BCUT2D eigenvalue weighted by Gasteiger charge is 2.28. The van der Waals surface area contributed by atoms with Gasteiger partial charge in [-0.1, -0.05) is 24.8 Å². The van der Waals surface area contributed by atoms with E-state index in [0.717, 1.165) is 28.5 Å². The molecule has 0 radical (unpaired) electrons. The van der Waals surface area contributed by atoms with Crippen molar-refractivity contribution in [2.75, 3.05) is 0 Å². The topological polar surface area (TPSA) is 49.4 Å². The fourth-order valence-corrected chi connectivity index (χ4v) is 3.65. The SMILES string of the molecule is C=CC(=O)Oc1ccc2c(c1)[S+]([O-])c1ccccc1C2. The molecular weight excluding hydrogens is 272 g/mol. The third-order valence-electron chi connectivity index (χ3n) is 3.18. The van der Waals surface area contributed by atoms with Crippen molar-refractivity contribution in [1.29, 1.82) is 0 Å². The predicted octanol–water partition coefficient (Wildman–Crippen LogP) is 2.85. The Morgan fingerprint density at radius 3 is 2.75 bits per heavy atom.